The number of nitrogens with one attached hydrogen (secondary N) is 2. The van der Waals surface area contributed by atoms with E-state index in [2.05, 4.69) is 10.6 Å². The summed E-state index contributed by atoms with van der Waals surface area (Å²) < 4.78 is 32.5. The molecule has 10 nitrogen and oxygen atoms in total. The smallest absolute Gasteiger partial charge is 0.321 e. The van der Waals surface area contributed by atoms with Crippen LogP contribution in [-0.4, -0.2) is 99.9 Å². The Balaban J connectivity index is 2.39. The maximum absolute atomic E-state index is 12.4. The van der Waals surface area contributed by atoms with Crippen molar-refractivity contribution in [3.63, 3.8) is 0 Å². The number of urea groups is 1. The second-order valence-corrected chi connectivity index (χ2v) is 7.49. The molecule has 0 spiro atoms. The lowest BCUT2D eigenvalue weighted by atomic mass is 10.3. The molecule has 0 unspecified atom stereocenters. The average Bonchev–Trinajstić information content (AvgIpc) is 2.56. The number of amides is 3. The Hall–Kier alpha value is -1.27. The van der Waals surface area contributed by atoms with Gasteiger partial charge in [-0.25, -0.2) is 4.79 Å². The van der Waals surface area contributed by atoms with E-state index in [-0.39, 0.29) is 6.54 Å². The van der Waals surface area contributed by atoms with E-state index in [9.17, 15) is 18.0 Å². The first kappa shape index (κ1) is 21.8. The van der Waals surface area contributed by atoms with Gasteiger partial charge in [-0.05, 0) is 0 Å². The van der Waals surface area contributed by atoms with Crippen LogP contribution >= 0.6 is 0 Å². The van der Waals surface area contributed by atoms with Gasteiger partial charge in [0.1, 0.15) is 0 Å². The van der Waals surface area contributed by atoms with Crippen LogP contribution in [0.1, 0.15) is 13.8 Å². The van der Waals surface area contributed by atoms with E-state index in [4.69, 9.17) is 4.74 Å². The Bertz CT molecular complexity index is 530. The third kappa shape index (κ3) is 6.86. The number of carbonyl (C=O) groups excluding carboxylic acids is 2. The third-order valence-electron chi connectivity index (χ3n) is 3.90. The molecule has 1 aliphatic heterocycles. The van der Waals surface area contributed by atoms with Gasteiger partial charge in [-0.2, -0.15) is 17.0 Å². The number of imide groups is 1. The van der Waals surface area contributed by atoms with Crippen molar-refractivity contribution in [2.75, 3.05) is 66.1 Å². The molecular weight excluding hydrogens is 350 g/mol. The van der Waals surface area contributed by atoms with E-state index in [1.165, 1.54) is 15.7 Å². The Morgan fingerprint density at radius 2 is 1.72 bits per heavy atom. The molecule has 11 heteroatoms. The molecule has 0 aliphatic carbocycles. The second kappa shape index (κ2) is 10.7. The van der Waals surface area contributed by atoms with Crippen LogP contribution in [-0.2, 0) is 19.7 Å². The Labute approximate surface area is 149 Å². The van der Waals surface area contributed by atoms with Gasteiger partial charge in [0.2, 0.25) is 5.91 Å². The second-order valence-electron chi connectivity index (χ2n) is 5.56. The molecule has 1 saturated heterocycles. The van der Waals surface area contributed by atoms with Gasteiger partial charge < -0.3 is 10.1 Å². The molecule has 0 atom stereocenters. The highest BCUT2D eigenvalue weighted by Crippen LogP contribution is 2.11. The monoisotopic (exact) mass is 379 g/mol. The van der Waals surface area contributed by atoms with Crippen LogP contribution in [0.4, 0.5) is 4.79 Å². The van der Waals surface area contributed by atoms with Crippen LogP contribution in [0.2, 0.25) is 0 Å². The molecule has 25 heavy (non-hydrogen) atoms. The molecule has 1 rings (SSSR count). The van der Waals surface area contributed by atoms with Gasteiger partial charge in [-0.1, -0.05) is 13.8 Å². The van der Waals surface area contributed by atoms with Crippen LogP contribution in [0.5, 0.6) is 0 Å². The van der Waals surface area contributed by atoms with Crippen molar-refractivity contribution in [3.05, 3.63) is 0 Å². The first-order valence-corrected chi connectivity index (χ1v) is 9.79. The zero-order valence-electron chi connectivity index (χ0n) is 15.2. The lowest BCUT2D eigenvalue weighted by Crippen LogP contribution is -2.55. The quantitative estimate of drug-likeness (QED) is 0.480. The summed E-state index contributed by atoms with van der Waals surface area (Å²) in [5.74, 6) is -0.421. The van der Waals surface area contributed by atoms with E-state index >= 15 is 0 Å². The van der Waals surface area contributed by atoms with Crippen molar-refractivity contribution in [1.82, 2.24) is 24.1 Å². The van der Waals surface area contributed by atoms with Gasteiger partial charge in [0.05, 0.1) is 13.2 Å². The van der Waals surface area contributed by atoms with Crippen molar-refractivity contribution in [2.45, 2.75) is 13.8 Å². The zero-order chi connectivity index (χ0) is 18.9. The van der Waals surface area contributed by atoms with Crippen LogP contribution < -0.4 is 10.6 Å². The highest BCUT2D eigenvalue weighted by Gasteiger charge is 2.31. The van der Waals surface area contributed by atoms with Gasteiger partial charge in [0.15, 0.2) is 0 Å². The molecule has 0 aromatic heterocycles. The van der Waals surface area contributed by atoms with Crippen molar-refractivity contribution >= 4 is 22.1 Å². The van der Waals surface area contributed by atoms with Gasteiger partial charge >= 0.3 is 6.03 Å². The molecule has 0 saturated carbocycles. The summed E-state index contributed by atoms with van der Waals surface area (Å²) in [5, 5.41) is 4.73. The number of hydrogen-bond donors (Lipinski definition) is 2. The Morgan fingerprint density at radius 3 is 2.24 bits per heavy atom. The maximum Gasteiger partial charge on any atom is 0.321 e. The minimum Gasteiger partial charge on any atom is -0.383 e. The molecule has 1 aliphatic rings. The largest absolute Gasteiger partial charge is 0.383 e. The topological polar surface area (TPSA) is 111 Å². The first-order valence-electron chi connectivity index (χ1n) is 8.39. The number of ether oxygens (including phenoxy) is 1. The zero-order valence-corrected chi connectivity index (χ0v) is 16.0. The summed E-state index contributed by atoms with van der Waals surface area (Å²) in [6.45, 7) is 6.74. The summed E-state index contributed by atoms with van der Waals surface area (Å²) in [6.07, 6.45) is 0. The highest BCUT2D eigenvalue weighted by atomic mass is 32.2. The lowest BCUT2D eigenvalue weighted by molar-refractivity contribution is -0.121. The minimum atomic E-state index is -3.44. The van der Waals surface area contributed by atoms with E-state index in [1.54, 1.807) is 13.8 Å². The third-order valence-corrected chi connectivity index (χ3v) is 6.09. The van der Waals surface area contributed by atoms with Crippen molar-refractivity contribution in [1.29, 1.82) is 0 Å². The number of rotatable bonds is 9. The van der Waals surface area contributed by atoms with Crippen LogP contribution in [0.3, 0.4) is 0 Å². The van der Waals surface area contributed by atoms with Crippen molar-refractivity contribution in [3.8, 4) is 0 Å². The molecule has 3 amide bonds. The van der Waals surface area contributed by atoms with E-state index in [0.717, 1.165) is 0 Å². The molecule has 146 valence electrons. The van der Waals surface area contributed by atoms with Crippen LogP contribution in [0, 0.1) is 0 Å². The maximum atomic E-state index is 12.4. The predicted octanol–water partition coefficient (Wildman–Crippen LogP) is -1.34. The highest BCUT2D eigenvalue weighted by molar-refractivity contribution is 7.86. The summed E-state index contributed by atoms with van der Waals surface area (Å²) >= 11 is 0. The van der Waals surface area contributed by atoms with Gasteiger partial charge in [-0.3, -0.25) is 15.0 Å². The normalized spacial score (nSPS) is 16.8. The van der Waals surface area contributed by atoms with E-state index < -0.39 is 22.1 Å². The minimum absolute atomic E-state index is 0.0524. The number of piperazine rings is 1. The molecule has 2 N–H and O–H groups in total. The fourth-order valence-electron chi connectivity index (χ4n) is 2.51. The molecule has 0 radical (unpaired) electrons. The predicted molar refractivity (Wildman–Crippen MR) is 93.3 cm³/mol. The van der Waals surface area contributed by atoms with Gasteiger partial charge in [-0.15, -0.1) is 0 Å². The Morgan fingerprint density at radius 1 is 1.12 bits per heavy atom. The lowest BCUT2D eigenvalue weighted by Gasteiger charge is -2.35. The van der Waals surface area contributed by atoms with Crippen LogP contribution in [0.15, 0.2) is 0 Å². The summed E-state index contributed by atoms with van der Waals surface area (Å²) in [4.78, 5) is 25.2. The summed E-state index contributed by atoms with van der Waals surface area (Å²) in [7, 11) is -1.93. The summed E-state index contributed by atoms with van der Waals surface area (Å²) in [6, 6.07) is -0.565. The molecular formula is C14H29N5O5S. The van der Waals surface area contributed by atoms with Crippen LogP contribution in [0.25, 0.3) is 0 Å². The fraction of sp³-hybridized carbons (Fsp3) is 0.857. The first-order chi connectivity index (χ1) is 11.8. The number of nitrogens with zero attached hydrogens (tertiary/aromatic N) is 3. The fourth-order valence-corrected chi connectivity index (χ4v) is 4.12. The molecule has 0 bridgehead atoms. The van der Waals surface area contributed by atoms with Crippen molar-refractivity contribution in [2.24, 2.45) is 0 Å². The number of hydrogen-bond acceptors (Lipinski definition) is 6. The van der Waals surface area contributed by atoms with Crippen molar-refractivity contribution < 1.29 is 22.7 Å². The Kier molecular flexibility index (Phi) is 9.28. The van der Waals surface area contributed by atoms with E-state index in [0.29, 0.717) is 52.4 Å². The van der Waals surface area contributed by atoms with Gasteiger partial charge in [0.25, 0.3) is 10.2 Å². The number of methoxy groups -OCH3 is 1. The molecule has 1 heterocycles. The van der Waals surface area contributed by atoms with Gasteiger partial charge in [0, 0.05) is 52.9 Å². The average molecular weight is 379 g/mol. The summed E-state index contributed by atoms with van der Waals surface area (Å²) in [5.41, 5.74) is 0. The molecule has 0 aromatic carbocycles. The molecule has 1 fully saturated rings. The standard InChI is InChI=1S/C14H29N5O5S/c1-4-18(5-2)25(22,23)19-9-7-17(8-10-19)12-13(20)16-14(21)15-6-11-24-3/h4-12H2,1-3H3,(H2,15,16,20,21). The number of carbonyl (C=O) groups is 2. The SMILES string of the molecule is CCN(CC)S(=O)(=O)N1CCN(CC(=O)NC(=O)NCCOC)CC1. The van der Waals surface area contributed by atoms with E-state index in [1.807, 2.05) is 4.90 Å². The molecule has 0 aromatic rings.